The van der Waals surface area contributed by atoms with Crippen molar-refractivity contribution in [3.05, 3.63) is 42.2 Å². The van der Waals surface area contributed by atoms with Gasteiger partial charge in [-0.15, -0.1) is 0 Å². The Labute approximate surface area is 153 Å². The number of aliphatic hydroxyl groups excluding tert-OH is 3. The average molecular weight is 373 g/mol. The van der Waals surface area contributed by atoms with Gasteiger partial charge in [-0.25, -0.2) is 14.5 Å². The standard InChI is InChI=1S/C17H19N5O5/c18-14-11-15(20-8-19-14)22(16-13(25)12(24)10(6-23)27-16)17(21-11)26-7-9-4-2-1-3-5-9/h1-5,8,10,12-13,16,23-25H,6-7H2,(H2,18,19,20)/t10-,12-,13-,16-/m1/s1. The van der Waals surface area contributed by atoms with Gasteiger partial charge in [-0.2, -0.15) is 4.98 Å². The number of fused-ring (bicyclic) bond motifs is 1. The molecule has 1 fully saturated rings. The number of nitrogens with zero attached hydrogens (tertiary/aromatic N) is 4. The lowest BCUT2D eigenvalue weighted by Crippen LogP contribution is -2.33. The molecule has 10 heteroatoms. The number of aromatic nitrogens is 4. The summed E-state index contributed by atoms with van der Waals surface area (Å²) < 4.78 is 12.8. The number of rotatable bonds is 5. The molecule has 4 atom stereocenters. The zero-order chi connectivity index (χ0) is 19.0. The van der Waals surface area contributed by atoms with Crippen LogP contribution in [0, 0.1) is 0 Å². The van der Waals surface area contributed by atoms with Crippen LogP contribution < -0.4 is 10.5 Å². The fourth-order valence-electron chi connectivity index (χ4n) is 3.05. The summed E-state index contributed by atoms with van der Waals surface area (Å²) in [4.78, 5) is 12.4. The number of anilines is 1. The van der Waals surface area contributed by atoms with E-state index in [0.717, 1.165) is 5.56 Å². The minimum Gasteiger partial charge on any atom is -0.460 e. The van der Waals surface area contributed by atoms with Crippen molar-refractivity contribution in [1.82, 2.24) is 19.5 Å². The van der Waals surface area contributed by atoms with Crippen LogP contribution in [0.2, 0.25) is 0 Å². The summed E-state index contributed by atoms with van der Waals surface area (Å²) in [7, 11) is 0. The molecule has 3 aromatic rings. The molecule has 0 unspecified atom stereocenters. The quantitative estimate of drug-likeness (QED) is 0.468. The maximum absolute atomic E-state index is 10.4. The van der Waals surface area contributed by atoms with Crippen LogP contribution in [0.5, 0.6) is 6.01 Å². The molecule has 27 heavy (non-hydrogen) atoms. The molecule has 142 valence electrons. The lowest BCUT2D eigenvalue weighted by atomic mass is 10.1. The summed E-state index contributed by atoms with van der Waals surface area (Å²) in [5.41, 5.74) is 7.38. The van der Waals surface area contributed by atoms with Gasteiger partial charge in [0, 0.05) is 0 Å². The van der Waals surface area contributed by atoms with Gasteiger partial charge < -0.3 is 30.5 Å². The van der Waals surface area contributed by atoms with Crippen molar-refractivity contribution < 1.29 is 24.8 Å². The zero-order valence-electron chi connectivity index (χ0n) is 14.2. The first-order chi connectivity index (χ1) is 13.1. The monoisotopic (exact) mass is 373 g/mol. The first kappa shape index (κ1) is 17.6. The Morgan fingerprint density at radius 1 is 1.15 bits per heavy atom. The molecule has 1 saturated heterocycles. The fourth-order valence-corrected chi connectivity index (χ4v) is 3.05. The molecule has 0 spiro atoms. The van der Waals surface area contributed by atoms with E-state index in [0.29, 0.717) is 11.2 Å². The molecule has 0 saturated carbocycles. The smallest absolute Gasteiger partial charge is 0.301 e. The average Bonchev–Trinajstić information content (AvgIpc) is 3.19. The third kappa shape index (κ3) is 3.08. The molecule has 0 aliphatic carbocycles. The molecule has 5 N–H and O–H groups in total. The predicted octanol–water partition coefficient (Wildman–Crippen LogP) is -0.401. The van der Waals surface area contributed by atoms with Crippen LogP contribution in [-0.2, 0) is 11.3 Å². The predicted molar refractivity (Wildman–Crippen MR) is 93.5 cm³/mol. The van der Waals surface area contributed by atoms with E-state index in [2.05, 4.69) is 15.0 Å². The van der Waals surface area contributed by atoms with E-state index in [4.69, 9.17) is 15.2 Å². The normalized spacial score (nSPS) is 25.1. The summed E-state index contributed by atoms with van der Waals surface area (Å²) in [6, 6.07) is 9.57. The highest BCUT2D eigenvalue weighted by Gasteiger charge is 2.45. The van der Waals surface area contributed by atoms with Gasteiger partial charge in [0.15, 0.2) is 23.2 Å². The summed E-state index contributed by atoms with van der Waals surface area (Å²) in [5, 5.41) is 29.8. The number of benzene rings is 1. The number of nitrogens with two attached hydrogens (primary N) is 1. The van der Waals surface area contributed by atoms with Crippen molar-refractivity contribution >= 4 is 17.0 Å². The fraction of sp³-hybridized carbons (Fsp3) is 0.353. The van der Waals surface area contributed by atoms with E-state index in [1.807, 2.05) is 30.3 Å². The molecule has 0 radical (unpaired) electrons. The van der Waals surface area contributed by atoms with Gasteiger partial charge in [0.25, 0.3) is 0 Å². The van der Waals surface area contributed by atoms with E-state index < -0.39 is 31.1 Å². The van der Waals surface area contributed by atoms with E-state index in [1.165, 1.54) is 10.9 Å². The van der Waals surface area contributed by atoms with Gasteiger partial charge in [0.05, 0.1) is 6.61 Å². The highest BCUT2D eigenvalue weighted by molar-refractivity contribution is 5.82. The van der Waals surface area contributed by atoms with Gasteiger partial charge in [-0.05, 0) is 5.56 Å². The van der Waals surface area contributed by atoms with Crippen molar-refractivity contribution in [2.75, 3.05) is 12.3 Å². The minimum absolute atomic E-state index is 0.107. The lowest BCUT2D eigenvalue weighted by molar-refractivity contribution is -0.0545. The summed E-state index contributed by atoms with van der Waals surface area (Å²) in [6.07, 6.45) is -3.31. The first-order valence-electron chi connectivity index (χ1n) is 8.37. The molecule has 1 aromatic carbocycles. The summed E-state index contributed by atoms with van der Waals surface area (Å²) in [5.74, 6) is 0.148. The lowest BCUT2D eigenvalue weighted by Gasteiger charge is -2.19. The molecule has 10 nitrogen and oxygen atoms in total. The van der Waals surface area contributed by atoms with Crippen LogP contribution in [-0.4, -0.2) is 59.8 Å². The molecule has 1 aliphatic heterocycles. The van der Waals surface area contributed by atoms with Crippen LogP contribution in [0.4, 0.5) is 5.82 Å². The Bertz CT molecular complexity index is 934. The summed E-state index contributed by atoms with van der Waals surface area (Å²) in [6.45, 7) is -0.231. The molecular weight excluding hydrogens is 354 g/mol. The van der Waals surface area contributed by atoms with Crippen molar-refractivity contribution in [3.8, 4) is 6.01 Å². The maximum atomic E-state index is 10.4. The van der Waals surface area contributed by atoms with Crippen LogP contribution in [0.15, 0.2) is 36.7 Å². The number of aliphatic hydroxyl groups is 3. The van der Waals surface area contributed by atoms with Crippen molar-refractivity contribution in [3.63, 3.8) is 0 Å². The Morgan fingerprint density at radius 3 is 2.63 bits per heavy atom. The van der Waals surface area contributed by atoms with Crippen LogP contribution in [0.3, 0.4) is 0 Å². The Balaban J connectivity index is 1.74. The number of imidazole rings is 1. The van der Waals surface area contributed by atoms with Gasteiger partial charge >= 0.3 is 6.01 Å². The number of hydrogen-bond acceptors (Lipinski definition) is 9. The van der Waals surface area contributed by atoms with Gasteiger partial charge in [0.1, 0.15) is 31.2 Å². The van der Waals surface area contributed by atoms with E-state index in [1.54, 1.807) is 0 Å². The van der Waals surface area contributed by atoms with E-state index in [-0.39, 0.29) is 18.4 Å². The Hall–Kier alpha value is -2.79. The van der Waals surface area contributed by atoms with Crippen molar-refractivity contribution in [1.29, 1.82) is 0 Å². The molecule has 0 amide bonds. The maximum Gasteiger partial charge on any atom is 0.301 e. The Morgan fingerprint density at radius 2 is 1.93 bits per heavy atom. The molecule has 2 aromatic heterocycles. The topological polar surface area (TPSA) is 149 Å². The molecule has 0 bridgehead atoms. The SMILES string of the molecule is Nc1ncnc2c1nc(OCc1ccccc1)n2[C@@H]1O[C@H](CO)[C@@H](O)[C@H]1O. The molecule has 4 rings (SSSR count). The molecule has 1 aliphatic rings. The second-order valence-electron chi connectivity index (χ2n) is 6.20. The first-order valence-corrected chi connectivity index (χ1v) is 8.37. The van der Waals surface area contributed by atoms with Crippen molar-refractivity contribution in [2.24, 2.45) is 0 Å². The molecule has 3 heterocycles. The van der Waals surface area contributed by atoms with Crippen LogP contribution >= 0.6 is 0 Å². The summed E-state index contributed by atoms with van der Waals surface area (Å²) >= 11 is 0. The number of ether oxygens (including phenoxy) is 2. The third-order valence-corrected chi connectivity index (χ3v) is 4.46. The zero-order valence-corrected chi connectivity index (χ0v) is 14.2. The van der Waals surface area contributed by atoms with Crippen molar-refractivity contribution in [2.45, 2.75) is 31.1 Å². The van der Waals surface area contributed by atoms with Gasteiger partial charge in [-0.3, -0.25) is 0 Å². The van der Waals surface area contributed by atoms with Crippen LogP contribution in [0.25, 0.3) is 11.2 Å². The number of nitrogen functional groups attached to an aromatic ring is 1. The number of hydrogen-bond donors (Lipinski definition) is 4. The highest BCUT2D eigenvalue weighted by atomic mass is 16.6. The minimum atomic E-state index is -1.31. The second-order valence-corrected chi connectivity index (χ2v) is 6.20. The van der Waals surface area contributed by atoms with E-state index in [9.17, 15) is 15.3 Å². The van der Waals surface area contributed by atoms with Gasteiger partial charge in [-0.1, -0.05) is 30.3 Å². The van der Waals surface area contributed by atoms with Crippen LogP contribution in [0.1, 0.15) is 11.8 Å². The highest BCUT2D eigenvalue weighted by Crippen LogP contribution is 2.36. The van der Waals surface area contributed by atoms with Gasteiger partial charge in [0.2, 0.25) is 0 Å². The molecular formula is C17H19N5O5. The van der Waals surface area contributed by atoms with E-state index >= 15 is 0 Å². The largest absolute Gasteiger partial charge is 0.460 e. The third-order valence-electron chi connectivity index (χ3n) is 4.46. The Kier molecular flexibility index (Phi) is 4.62. The second kappa shape index (κ2) is 7.08.